The molecule has 1 aromatic heterocycles. The van der Waals surface area contributed by atoms with Crippen LogP contribution in [0.1, 0.15) is 0 Å². The van der Waals surface area contributed by atoms with E-state index >= 15 is 0 Å². The summed E-state index contributed by atoms with van der Waals surface area (Å²) in [6, 6.07) is 22.3. The SMILES string of the molecule is Clc1cc(-c2ccccc2)[nH]c1-c1ccccc1. The molecular formula is C16H12ClN. The predicted octanol–water partition coefficient (Wildman–Crippen LogP) is 5.00. The summed E-state index contributed by atoms with van der Waals surface area (Å²) in [5.41, 5.74) is 4.25. The van der Waals surface area contributed by atoms with E-state index in [-0.39, 0.29) is 0 Å². The van der Waals surface area contributed by atoms with Gasteiger partial charge in [-0.15, -0.1) is 0 Å². The summed E-state index contributed by atoms with van der Waals surface area (Å²) in [5, 5.41) is 0.750. The highest BCUT2D eigenvalue weighted by atomic mass is 35.5. The zero-order valence-electron chi connectivity index (χ0n) is 9.73. The average molecular weight is 254 g/mol. The van der Waals surface area contributed by atoms with Crippen molar-refractivity contribution in [2.24, 2.45) is 0 Å². The number of H-pyrrole nitrogens is 1. The third-order valence-corrected chi connectivity index (χ3v) is 3.21. The van der Waals surface area contributed by atoms with Gasteiger partial charge in [-0.05, 0) is 17.2 Å². The second-order valence-corrected chi connectivity index (χ2v) is 4.55. The van der Waals surface area contributed by atoms with Crippen LogP contribution in [0.25, 0.3) is 22.5 Å². The smallest absolute Gasteiger partial charge is 0.0668 e. The zero-order valence-corrected chi connectivity index (χ0v) is 10.5. The molecule has 3 aromatic rings. The lowest BCUT2D eigenvalue weighted by Crippen LogP contribution is -1.79. The first-order chi connectivity index (χ1) is 8.84. The molecule has 1 N–H and O–H groups in total. The van der Waals surface area contributed by atoms with Gasteiger partial charge in [0.2, 0.25) is 0 Å². The summed E-state index contributed by atoms with van der Waals surface area (Å²) in [5.74, 6) is 0. The molecule has 2 heteroatoms. The molecular weight excluding hydrogens is 242 g/mol. The molecule has 0 bridgehead atoms. The molecule has 0 saturated carbocycles. The van der Waals surface area contributed by atoms with Gasteiger partial charge in [0.05, 0.1) is 10.7 Å². The predicted molar refractivity (Wildman–Crippen MR) is 76.7 cm³/mol. The quantitative estimate of drug-likeness (QED) is 0.661. The highest BCUT2D eigenvalue weighted by Crippen LogP contribution is 2.31. The molecule has 88 valence electrons. The van der Waals surface area contributed by atoms with Crippen LogP contribution in [0.3, 0.4) is 0 Å². The third-order valence-electron chi connectivity index (χ3n) is 2.92. The number of benzene rings is 2. The Bertz CT molecular complexity index is 641. The monoisotopic (exact) mass is 253 g/mol. The van der Waals surface area contributed by atoms with E-state index < -0.39 is 0 Å². The molecule has 0 aliphatic heterocycles. The van der Waals surface area contributed by atoms with Crippen LogP contribution < -0.4 is 0 Å². The largest absolute Gasteiger partial charge is 0.353 e. The minimum Gasteiger partial charge on any atom is -0.353 e. The van der Waals surface area contributed by atoms with Crippen LogP contribution >= 0.6 is 11.6 Å². The lowest BCUT2D eigenvalue weighted by Gasteiger charge is -1.99. The minimum absolute atomic E-state index is 0.750. The van der Waals surface area contributed by atoms with Crippen molar-refractivity contribution in [3.05, 3.63) is 71.8 Å². The molecule has 0 aliphatic rings. The second kappa shape index (κ2) is 4.71. The molecule has 0 amide bonds. The van der Waals surface area contributed by atoms with Gasteiger partial charge < -0.3 is 4.98 Å². The van der Waals surface area contributed by atoms with Crippen molar-refractivity contribution >= 4 is 11.6 Å². The van der Waals surface area contributed by atoms with E-state index in [1.165, 1.54) is 0 Å². The number of aromatic amines is 1. The number of halogens is 1. The molecule has 0 fully saturated rings. The van der Waals surface area contributed by atoms with Gasteiger partial charge in [0, 0.05) is 5.69 Å². The van der Waals surface area contributed by atoms with Crippen LogP contribution in [0.2, 0.25) is 5.02 Å². The molecule has 3 rings (SSSR count). The van der Waals surface area contributed by atoms with E-state index in [0.717, 1.165) is 27.5 Å². The Morgan fingerprint density at radius 2 is 1.28 bits per heavy atom. The highest BCUT2D eigenvalue weighted by molar-refractivity contribution is 6.33. The van der Waals surface area contributed by atoms with Crippen LogP contribution in [0.15, 0.2) is 66.7 Å². The molecule has 18 heavy (non-hydrogen) atoms. The highest BCUT2D eigenvalue weighted by Gasteiger charge is 2.08. The summed E-state index contributed by atoms with van der Waals surface area (Å²) in [4.78, 5) is 3.38. The molecule has 1 heterocycles. The van der Waals surface area contributed by atoms with Gasteiger partial charge in [0.15, 0.2) is 0 Å². The number of nitrogens with one attached hydrogen (secondary N) is 1. The van der Waals surface area contributed by atoms with Crippen LogP contribution in [-0.2, 0) is 0 Å². The fraction of sp³-hybridized carbons (Fsp3) is 0. The van der Waals surface area contributed by atoms with E-state index in [2.05, 4.69) is 17.1 Å². The van der Waals surface area contributed by atoms with E-state index in [1.54, 1.807) is 0 Å². The first-order valence-electron chi connectivity index (χ1n) is 5.84. The summed E-state index contributed by atoms with van der Waals surface area (Å²) >= 11 is 6.30. The molecule has 0 atom stereocenters. The number of hydrogen-bond donors (Lipinski definition) is 1. The normalized spacial score (nSPS) is 10.5. The van der Waals surface area contributed by atoms with Crippen molar-refractivity contribution < 1.29 is 0 Å². The average Bonchev–Trinajstić information content (AvgIpc) is 2.83. The molecule has 2 aromatic carbocycles. The first kappa shape index (κ1) is 11.1. The minimum atomic E-state index is 0.750. The Kier molecular flexibility index (Phi) is 2.91. The number of aromatic nitrogens is 1. The van der Waals surface area contributed by atoms with Gasteiger partial charge in [0.1, 0.15) is 0 Å². The van der Waals surface area contributed by atoms with Crippen molar-refractivity contribution in [3.8, 4) is 22.5 Å². The Hall–Kier alpha value is -1.99. The van der Waals surface area contributed by atoms with E-state index in [9.17, 15) is 0 Å². The summed E-state index contributed by atoms with van der Waals surface area (Å²) < 4.78 is 0. The topological polar surface area (TPSA) is 15.8 Å². The van der Waals surface area contributed by atoms with E-state index in [1.807, 2.05) is 54.6 Å². The van der Waals surface area contributed by atoms with Crippen LogP contribution in [0.4, 0.5) is 0 Å². The zero-order chi connectivity index (χ0) is 12.4. The van der Waals surface area contributed by atoms with Gasteiger partial charge in [-0.1, -0.05) is 72.3 Å². The van der Waals surface area contributed by atoms with Crippen molar-refractivity contribution in [3.63, 3.8) is 0 Å². The Morgan fingerprint density at radius 3 is 1.89 bits per heavy atom. The second-order valence-electron chi connectivity index (χ2n) is 4.14. The van der Waals surface area contributed by atoms with E-state index in [4.69, 9.17) is 11.6 Å². The van der Waals surface area contributed by atoms with Gasteiger partial charge in [-0.3, -0.25) is 0 Å². The molecule has 0 aliphatic carbocycles. The maximum atomic E-state index is 6.30. The van der Waals surface area contributed by atoms with Crippen molar-refractivity contribution in [1.82, 2.24) is 4.98 Å². The molecule has 0 radical (unpaired) electrons. The summed E-state index contributed by atoms with van der Waals surface area (Å²) in [6.45, 7) is 0. The lowest BCUT2D eigenvalue weighted by atomic mass is 10.1. The molecule has 0 spiro atoms. The van der Waals surface area contributed by atoms with E-state index in [0.29, 0.717) is 0 Å². The van der Waals surface area contributed by atoms with Gasteiger partial charge in [-0.25, -0.2) is 0 Å². The first-order valence-corrected chi connectivity index (χ1v) is 6.22. The summed E-state index contributed by atoms with van der Waals surface area (Å²) in [7, 11) is 0. The van der Waals surface area contributed by atoms with Crippen LogP contribution in [0.5, 0.6) is 0 Å². The fourth-order valence-electron chi connectivity index (χ4n) is 2.02. The van der Waals surface area contributed by atoms with Crippen LogP contribution in [0, 0.1) is 0 Å². The fourth-order valence-corrected chi connectivity index (χ4v) is 2.28. The molecule has 0 unspecified atom stereocenters. The molecule has 1 nitrogen and oxygen atoms in total. The lowest BCUT2D eigenvalue weighted by molar-refractivity contribution is 1.39. The maximum absolute atomic E-state index is 6.30. The Balaban J connectivity index is 2.07. The number of hydrogen-bond acceptors (Lipinski definition) is 0. The van der Waals surface area contributed by atoms with Crippen molar-refractivity contribution in [2.75, 3.05) is 0 Å². The summed E-state index contributed by atoms with van der Waals surface area (Å²) in [6.07, 6.45) is 0. The van der Waals surface area contributed by atoms with Gasteiger partial charge in [-0.2, -0.15) is 0 Å². The maximum Gasteiger partial charge on any atom is 0.0668 e. The van der Waals surface area contributed by atoms with Gasteiger partial charge in [0.25, 0.3) is 0 Å². The van der Waals surface area contributed by atoms with Gasteiger partial charge >= 0.3 is 0 Å². The third kappa shape index (κ3) is 2.05. The molecule has 0 saturated heterocycles. The van der Waals surface area contributed by atoms with Crippen molar-refractivity contribution in [1.29, 1.82) is 0 Å². The standard InChI is InChI=1S/C16H12ClN/c17-14-11-15(12-7-3-1-4-8-12)18-16(14)13-9-5-2-6-10-13/h1-11,18H. The van der Waals surface area contributed by atoms with Crippen LogP contribution in [-0.4, -0.2) is 4.98 Å². The number of rotatable bonds is 2. The van der Waals surface area contributed by atoms with Crippen molar-refractivity contribution in [2.45, 2.75) is 0 Å². The Morgan fingerprint density at radius 1 is 0.722 bits per heavy atom. The Labute approximate surface area is 111 Å².